The highest BCUT2D eigenvalue weighted by molar-refractivity contribution is 6.34. The second-order valence-corrected chi connectivity index (χ2v) is 5.02. The fourth-order valence-electron chi connectivity index (χ4n) is 1.85. The lowest BCUT2D eigenvalue weighted by Crippen LogP contribution is -2.16. The van der Waals surface area contributed by atoms with Crippen LogP contribution in [0.5, 0.6) is 11.5 Å². The molecular formula is C14H17ClO3. The minimum atomic E-state index is 0.0614. The number of ether oxygens (including phenoxy) is 2. The molecule has 1 aliphatic rings. The minimum absolute atomic E-state index is 0.0614. The first-order valence-corrected chi connectivity index (χ1v) is 6.62. The van der Waals surface area contributed by atoms with Crippen LogP contribution in [0.4, 0.5) is 0 Å². The molecule has 1 aromatic carbocycles. The molecule has 0 spiro atoms. The third-order valence-corrected chi connectivity index (χ3v) is 3.48. The van der Waals surface area contributed by atoms with Gasteiger partial charge in [-0.3, -0.25) is 4.79 Å². The third-order valence-electron chi connectivity index (χ3n) is 3.16. The monoisotopic (exact) mass is 268 g/mol. The van der Waals surface area contributed by atoms with E-state index in [2.05, 4.69) is 13.8 Å². The Morgan fingerprint density at radius 2 is 1.94 bits per heavy atom. The summed E-state index contributed by atoms with van der Waals surface area (Å²) in [6.07, 6.45) is 1.49. The summed E-state index contributed by atoms with van der Waals surface area (Å²) in [4.78, 5) is 12.1. The second-order valence-electron chi connectivity index (χ2n) is 4.62. The summed E-state index contributed by atoms with van der Waals surface area (Å²) in [6.45, 7) is 5.16. The molecule has 4 heteroatoms. The van der Waals surface area contributed by atoms with E-state index in [1.54, 1.807) is 12.1 Å². The Labute approximate surface area is 112 Å². The predicted octanol–water partition coefficient (Wildman–Crippen LogP) is 3.73. The predicted molar refractivity (Wildman–Crippen MR) is 70.8 cm³/mol. The number of hydrogen-bond donors (Lipinski definition) is 0. The summed E-state index contributed by atoms with van der Waals surface area (Å²) in [5, 5.41) is 0.438. The fourth-order valence-corrected chi connectivity index (χ4v) is 2.11. The summed E-state index contributed by atoms with van der Waals surface area (Å²) in [7, 11) is 0. The lowest BCUT2D eigenvalue weighted by atomic mass is 9.97. The number of carbonyl (C=O) groups is 1. The Morgan fingerprint density at radius 1 is 1.33 bits per heavy atom. The van der Waals surface area contributed by atoms with Gasteiger partial charge in [-0.15, -0.1) is 0 Å². The van der Waals surface area contributed by atoms with Gasteiger partial charge in [0, 0.05) is 18.1 Å². The number of hydrogen-bond acceptors (Lipinski definition) is 3. The van der Waals surface area contributed by atoms with Gasteiger partial charge in [0.05, 0.1) is 5.02 Å². The van der Waals surface area contributed by atoms with Crippen LogP contribution in [0, 0.1) is 5.92 Å². The molecule has 0 amide bonds. The number of halogens is 1. The smallest absolute Gasteiger partial charge is 0.164 e. The number of ketones is 1. The molecule has 98 valence electrons. The van der Waals surface area contributed by atoms with Crippen molar-refractivity contribution in [1.29, 1.82) is 0 Å². The molecule has 0 fully saturated rings. The number of carbonyl (C=O) groups excluding carboxylic acids is 1. The molecule has 3 nitrogen and oxygen atoms in total. The number of Topliss-reactive ketones (excluding diaryl/α,β-unsaturated/α-hetero) is 1. The van der Waals surface area contributed by atoms with Crippen molar-refractivity contribution in [2.75, 3.05) is 13.2 Å². The van der Waals surface area contributed by atoms with Crippen LogP contribution in [0.25, 0.3) is 0 Å². The quantitative estimate of drug-likeness (QED) is 0.781. The molecule has 1 atom stereocenters. The Balaban J connectivity index is 2.25. The van der Waals surface area contributed by atoms with E-state index in [1.165, 1.54) is 0 Å². The van der Waals surface area contributed by atoms with E-state index in [0.717, 1.165) is 6.42 Å². The average Bonchev–Trinajstić information content (AvgIpc) is 2.37. The molecule has 0 bridgehead atoms. The van der Waals surface area contributed by atoms with Crippen LogP contribution in [0.15, 0.2) is 12.1 Å². The van der Waals surface area contributed by atoms with Crippen LogP contribution in [0.1, 0.15) is 37.0 Å². The SMILES string of the molecule is CCC(C)CC(=O)c1cc2c(cc1Cl)OCCO2. The van der Waals surface area contributed by atoms with Gasteiger partial charge in [0.2, 0.25) is 0 Å². The van der Waals surface area contributed by atoms with Gasteiger partial charge < -0.3 is 9.47 Å². The highest BCUT2D eigenvalue weighted by Crippen LogP contribution is 2.36. The fraction of sp³-hybridized carbons (Fsp3) is 0.500. The number of fused-ring (bicyclic) bond motifs is 1. The van der Waals surface area contributed by atoms with Gasteiger partial charge in [0.1, 0.15) is 13.2 Å². The Morgan fingerprint density at radius 3 is 2.56 bits per heavy atom. The lowest BCUT2D eigenvalue weighted by Gasteiger charge is -2.19. The van der Waals surface area contributed by atoms with Crippen molar-refractivity contribution in [3.05, 3.63) is 22.7 Å². The summed E-state index contributed by atoms with van der Waals surface area (Å²) < 4.78 is 10.9. The van der Waals surface area contributed by atoms with Crippen molar-refractivity contribution >= 4 is 17.4 Å². The van der Waals surface area contributed by atoms with E-state index in [0.29, 0.717) is 47.6 Å². The van der Waals surface area contributed by atoms with Gasteiger partial charge in [0.15, 0.2) is 17.3 Å². The van der Waals surface area contributed by atoms with Crippen molar-refractivity contribution in [2.24, 2.45) is 5.92 Å². The topological polar surface area (TPSA) is 35.5 Å². The minimum Gasteiger partial charge on any atom is -0.486 e. The van der Waals surface area contributed by atoms with Crippen LogP contribution in [0.3, 0.4) is 0 Å². The molecular weight excluding hydrogens is 252 g/mol. The molecule has 0 saturated carbocycles. The number of rotatable bonds is 4. The molecule has 2 rings (SSSR count). The van der Waals surface area contributed by atoms with Crippen molar-refractivity contribution in [3.63, 3.8) is 0 Å². The summed E-state index contributed by atoms with van der Waals surface area (Å²) in [5.41, 5.74) is 0.529. The summed E-state index contributed by atoms with van der Waals surface area (Å²) >= 11 is 6.13. The number of benzene rings is 1. The maximum atomic E-state index is 12.1. The van der Waals surface area contributed by atoms with Crippen molar-refractivity contribution < 1.29 is 14.3 Å². The first-order chi connectivity index (χ1) is 8.61. The molecule has 1 aliphatic heterocycles. The van der Waals surface area contributed by atoms with Gasteiger partial charge in [0.25, 0.3) is 0 Å². The first kappa shape index (κ1) is 13.2. The highest BCUT2D eigenvalue weighted by Gasteiger charge is 2.19. The Bertz CT molecular complexity index is 457. The summed E-state index contributed by atoms with van der Waals surface area (Å²) in [6, 6.07) is 3.36. The molecule has 0 N–H and O–H groups in total. The molecule has 18 heavy (non-hydrogen) atoms. The molecule has 0 aliphatic carbocycles. The van der Waals surface area contributed by atoms with Crippen molar-refractivity contribution in [3.8, 4) is 11.5 Å². The third kappa shape index (κ3) is 2.78. The van der Waals surface area contributed by atoms with E-state index >= 15 is 0 Å². The molecule has 0 saturated heterocycles. The molecule has 0 radical (unpaired) electrons. The van der Waals surface area contributed by atoms with E-state index < -0.39 is 0 Å². The molecule has 1 unspecified atom stereocenters. The van der Waals surface area contributed by atoms with Gasteiger partial charge in [-0.05, 0) is 12.0 Å². The second kappa shape index (κ2) is 5.61. The highest BCUT2D eigenvalue weighted by atomic mass is 35.5. The molecule has 0 aromatic heterocycles. The normalized spacial score (nSPS) is 15.3. The summed E-state index contributed by atoms with van der Waals surface area (Å²) in [5.74, 6) is 1.65. The van der Waals surface area contributed by atoms with Crippen molar-refractivity contribution in [1.82, 2.24) is 0 Å². The van der Waals surface area contributed by atoms with Gasteiger partial charge in [-0.2, -0.15) is 0 Å². The first-order valence-electron chi connectivity index (χ1n) is 6.24. The molecule has 1 heterocycles. The van der Waals surface area contributed by atoms with Crippen molar-refractivity contribution in [2.45, 2.75) is 26.7 Å². The van der Waals surface area contributed by atoms with Crippen LogP contribution in [-0.2, 0) is 0 Å². The van der Waals surface area contributed by atoms with Gasteiger partial charge >= 0.3 is 0 Å². The van der Waals surface area contributed by atoms with Crippen LogP contribution in [-0.4, -0.2) is 19.0 Å². The van der Waals surface area contributed by atoms with Crippen LogP contribution >= 0.6 is 11.6 Å². The lowest BCUT2D eigenvalue weighted by molar-refractivity contribution is 0.0962. The van der Waals surface area contributed by atoms with Gasteiger partial charge in [-0.1, -0.05) is 31.9 Å². The maximum Gasteiger partial charge on any atom is 0.164 e. The van der Waals surface area contributed by atoms with E-state index in [4.69, 9.17) is 21.1 Å². The largest absolute Gasteiger partial charge is 0.486 e. The van der Waals surface area contributed by atoms with E-state index in [1.807, 2.05) is 0 Å². The van der Waals surface area contributed by atoms with Crippen LogP contribution < -0.4 is 9.47 Å². The van der Waals surface area contributed by atoms with Gasteiger partial charge in [-0.25, -0.2) is 0 Å². The zero-order valence-electron chi connectivity index (χ0n) is 10.7. The standard InChI is InChI=1S/C14H17ClO3/c1-3-9(2)6-12(16)10-7-13-14(8-11(10)15)18-5-4-17-13/h7-9H,3-6H2,1-2H3. The Hall–Kier alpha value is -1.22. The zero-order valence-corrected chi connectivity index (χ0v) is 11.4. The average molecular weight is 269 g/mol. The Kier molecular flexibility index (Phi) is 4.12. The van der Waals surface area contributed by atoms with E-state index in [9.17, 15) is 4.79 Å². The van der Waals surface area contributed by atoms with Crippen LogP contribution in [0.2, 0.25) is 5.02 Å². The maximum absolute atomic E-state index is 12.1. The molecule has 1 aromatic rings. The van der Waals surface area contributed by atoms with E-state index in [-0.39, 0.29) is 5.78 Å². The zero-order chi connectivity index (χ0) is 13.1.